The third-order valence-corrected chi connectivity index (χ3v) is 3.07. The van der Waals surface area contributed by atoms with Crippen LogP contribution >= 0.6 is 0 Å². The molecule has 0 aromatic heterocycles. The molecule has 0 amide bonds. The highest BCUT2D eigenvalue weighted by molar-refractivity contribution is 5.81. The molecule has 21 heavy (non-hydrogen) atoms. The molecule has 1 aromatic carbocycles. The normalized spacial score (nSPS) is 11.6. The molecule has 0 unspecified atom stereocenters. The summed E-state index contributed by atoms with van der Waals surface area (Å²) in [6.45, 7) is 12.9. The van der Waals surface area contributed by atoms with Crippen LogP contribution in [0, 0.1) is 0 Å². The number of phenolic OH excluding ortho intramolecular Hbond substituents is 1. The van der Waals surface area contributed by atoms with Gasteiger partial charge in [-0.1, -0.05) is 47.6 Å². The molecule has 0 aliphatic heterocycles. The first-order valence-electron chi connectivity index (χ1n) is 7.13. The Balaban J connectivity index is 0.000000885. The first kappa shape index (κ1) is 19.6. The molecule has 120 valence electrons. The molecule has 0 saturated carbocycles. The van der Waals surface area contributed by atoms with E-state index in [1.165, 1.54) is 0 Å². The van der Waals surface area contributed by atoms with Gasteiger partial charge in [-0.2, -0.15) is 0 Å². The van der Waals surface area contributed by atoms with E-state index in [1.54, 1.807) is 6.07 Å². The summed E-state index contributed by atoms with van der Waals surface area (Å²) in [7, 11) is 0. The number of rotatable bonds is 2. The standard InChI is InChI=1S/C15H22O2.C2H7NO/c1-14(2,3)11-7-10(9-16)13(17)12(8-11)15(4,5)6;3-1-2-4/h7-9,17H,1-6H3;4H,1-3H2. The minimum Gasteiger partial charge on any atom is -0.507 e. The number of hydrogen-bond acceptors (Lipinski definition) is 4. The van der Waals surface area contributed by atoms with Crippen LogP contribution in [-0.2, 0) is 10.8 Å². The van der Waals surface area contributed by atoms with Crippen molar-refractivity contribution in [3.8, 4) is 5.75 Å². The van der Waals surface area contributed by atoms with E-state index in [0.29, 0.717) is 12.1 Å². The summed E-state index contributed by atoms with van der Waals surface area (Å²) in [5.41, 5.74) is 6.84. The fourth-order valence-electron chi connectivity index (χ4n) is 1.75. The Hall–Kier alpha value is -1.39. The maximum atomic E-state index is 11.0. The van der Waals surface area contributed by atoms with Gasteiger partial charge in [0.05, 0.1) is 12.2 Å². The van der Waals surface area contributed by atoms with Crippen LogP contribution in [0.1, 0.15) is 63.0 Å². The molecule has 0 saturated heterocycles. The molecule has 1 aromatic rings. The monoisotopic (exact) mass is 295 g/mol. The van der Waals surface area contributed by atoms with Gasteiger partial charge in [0.15, 0.2) is 6.29 Å². The first-order chi connectivity index (χ1) is 9.48. The molecule has 0 atom stereocenters. The Morgan fingerprint density at radius 2 is 1.57 bits per heavy atom. The van der Waals surface area contributed by atoms with E-state index in [4.69, 9.17) is 10.8 Å². The number of aliphatic hydroxyl groups excluding tert-OH is 1. The Kier molecular flexibility index (Phi) is 7.07. The quantitative estimate of drug-likeness (QED) is 0.733. The number of benzene rings is 1. The number of aldehydes is 1. The maximum Gasteiger partial charge on any atom is 0.153 e. The van der Waals surface area contributed by atoms with Crippen molar-refractivity contribution < 1.29 is 15.0 Å². The van der Waals surface area contributed by atoms with Gasteiger partial charge in [0.1, 0.15) is 5.75 Å². The smallest absolute Gasteiger partial charge is 0.153 e. The van der Waals surface area contributed by atoms with E-state index in [2.05, 4.69) is 20.8 Å². The second kappa shape index (κ2) is 7.57. The second-order valence-electron chi connectivity index (χ2n) is 7.09. The van der Waals surface area contributed by atoms with E-state index in [-0.39, 0.29) is 23.2 Å². The number of aliphatic hydroxyl groups is 1. The molecule has 0 radical (unpaired) electrons. The Morgan fingerprint density at radius 3 is 1.86 bits per heavy atom. The lowest BCUT2D eigenvalue weighted by Crippen LogP contribution is -2.17. The average molecular weight is 295 g/mol. The van der Waals surface area contributed by atoms with Gasteiger partial charge in [0.25, 0.3) is 0 Å². The zero-order valence-electron chi connectivity index (χ0n) is 14.0. The van der Waals surface area contributed by atoms with Gasteiger partial charge in [0.2, 0.25) is 0 Å². The van der Waals surface area contributed by atoms with Gasteiger partial charge in [-0.15, -0.1) is 0 Å². The van der Waals surface area contributed by atoms with Crippen molar-refractivity contribution in [1.82, 2.24) is 0 Å². The first-order valence-corrected chi connectivity index (χ1v) is 7.13. The lowest BCUT2D eigenvalue weighted by atomic mass is 9.79. The zero-order valence-corrected chi connectivity index (χ0v) is 14.0. The summed E-state index contributed by atoms with van der Waals surface area (Å²) in [6.07, 6.45) is 0.722. The molecule has 0 spiro atoms. The minimum atomic E-state index is -0.177. The van der Waals surface area contributed by atoms with Gasteiger partial charge >= 0.3 is 0 Å². The van der Waals surface area contributed by atoms with Crippen LogP contribution in [0.25, 0.3) is 0 Å². The van der Waals surface area contributed by atoms with Gasteiger partial charge < -0.3 is 15.9 Å². The second-order valence-corrected chi connectivity index (χ2v) is 7.09. The zero-order chi connectivity index (χ0) is 16.8. The summed E-state index contributed by atoms with van der Waals surface area (Å²) < 4.78 is 0. The van der Waals surface area contributed by atoms with Crippen LogP contribution in [0.5, 0.6) is 5.75 Å². The van der Waals surface area contributed by atoms with Gasteiger partial charge in [-0.25, -0.2) is 0 Å². The topological polar surface area (TPSA) is 83.5 Å². The molecule has 1 rings (SSSR count). The van der Waals surface area contributed by atoms with Crippen LogP contribution in [0.15, 0.2) is 12.1 Å². The van der Waals surface area contributed by atoms with Crippen molar-refractivity contribution in [3.05, 3.63) is 28.8 Å². The molecular weight excluding hydrogens is 266 g/mol. The number of phenols is 1. The summed E-state index contributed by atoms with van der Waals surface area (Å²) in [6, 6.07) is 3.78. The van der Waals surface area contributed by atoms with Crippen LogP contribution in [-0.4, -0.2) is 29.7 Å². The number of hydrogen-bond donors (Lipinski definition) is 3. The van der Waals surface area contributed by atoms with E-state index in [1.807, 2.05) is 26.8 Å². The van der Waals surface area contributed by atoms with Crippen molar-refractivity contribution in [2.45, 2.75) is 52.4 Å². The number of nitrogens with two attached hydrogens (primary N) is 1. The SMILES string of the molecule is CC(C)(C)c1cc(C=O)c(O)c(C(C)(C)C)c1.NCCO. The van der Waals surface area contributed by atoms with E-state index in [0.717, 1.165) is 17.4 Å². The van der Waals surface area contributed by atoms with E-state index < -0.39 is 0 Å². The van der Waals surface area contributed by atoms with Gasteiger partial charge in [0, 0.05) is 12.1 Å². The van der Waals surface area contributed by atoms with Crippen molar-refractivity contribution >= 4 is 6.29 Å². The lowest BCUT2D eigenvalue weighted by Gasteiger charge is -2.26. The molecule has 0 aliphatic rings. The van der Waals surface area contributed by atoms with Gasteiger partial charge in [-0.3, -0.25) is 4.79 Å². The third kappa shape index (κ3) is 5.86. The van der Waals surface area contributed by atoms with E-state index in [9.17, 15) is 9.90 Å². The molecule has 4 N–H and O–H groups in total. The highest BCUT2D eigenvalue weighted by atomic mass is 16.3. The number of carbonyl (C=O) groups excluding carboxylic acids is 1. The van der Waals surface area contributed by atoms with Crippen LogP contribution in [0.4, 0.5) is 0 Å². The minimum absolute atomic E-state index is 0.0362. The summed E-state index contributed by atoms with van der Waals surface area (Å²) >= 11 is 0. The Morgan fingerprint density at radius 1 is 1.10 bits per heavy atom. The molecule has 0 aliphatic carbocycles. The largest absolute Gasteiger partial charge is 0.507 e. The summed E-state index contributed by atoms with van der Waals surface area (Å²) in [4.78, 5) is 11.0. The fourth-order valence-corrected chi connectivity index (χ4v) is 1.75. The van der Waals surface area contributed by atoms with Crippen molar-refractivity contribution in [1.29, 1.82) is 0 Å². The summed E-state index contributed by atoms with van der Waals surface area (Å²) in [5, 5.41) is 17.8. The van der Waals surface area contributed by atoms with E-state index >= 15 is 0 Å². The number of carbonyl (C=O) groups is 1. The predicted molar refractivity (Wildman–Crippen MR) is 87.0 cm³/mol. The lowest BCUT2D eigenvalue weighted by molar-refractivity contribution is 0.112. The van der Waals surface area contributed by atoms with Crippen molar-refractivity contribution in [2.24, 2.45) is 5.73 Å². The molecular formula is C17H29NO3. The Labute approximate surface area is 128 Å². The van der Waals surface area contributed by atoms with Crippen LogP contribution in [0.3, 0.4) is 0 Å². The average Bonchev–Trinajstić information content (AvgIpc) is 2.36. The maximum absolute atomic E-state index is 11.0. The Bertz CT molecular complexity index is 466. The van der Waals surface area contributed by atoms with Crippen LogP contribution in [0.2, 0.25) is 0 Å². The molecule has 0 bridgehead atoms. The highest BCUT2D eigenvalue weighted by Crippen LogP contribution is 2.36. The molecule has 0 heterocycles. The highest BCUT2D eigenvalue weighted by Gasteiger charge is 2.24. The predicted octanol–water partition coefficient (Wildman–Crippen LogP) is 2.74. The van der Waals surface area contributed by atoms with Crippen molar-refractivity contribution in [3.63, 3.8) is 0 Å². The molecule has 4 nitrogen and oxygen atoms in total. The fraction of sp³-hybridized carbons (Fsp3) is 0.588. The summed E-state index contributed by atoms with van der Waals surface area (Å²) in [5.74, 6) is 0.112. The molecule has 4 heteroatoms. The third-order valence-electron chi connectivity index (χ3n) is 3.07. The van der Waals surface area contributed by atoms with Gasteiger partial charge in [-0.05, 0) is 22.5 Å². The van der Waals surface area contributed by atoms with Crippen molar-refractivity contribution in [2.75, 3.05) is 13.2 Å². The number of aromatic hydroxyl groups is 1. The van der Waals surface area contributed by atoms with Crippen LogP contribution < -0.4 is 5.73 Å². The molecule has 0 fully saturated rings.